The van der Waals surface area contributed by atoms with Crippen LogP contribution in [0.25, 0.3) is 0 Å². The Balaban J connectivity index is 1.59. The van der Waals surface area contributed by atoms with Gasteiger partial charge in [-0.25, -0.2) is 4.79 Å². The molecule has 0 bridgehead atoms. The van der Waals surface area contributed by atoms with Crippen LogP contribution in [0.2, 0.25) is 0 Å². The zero-order valence-electron chi connectivity index (χ0n) is 15.3. The van der Waals surface area contributed by atoms with Crippen LogP contribution >= 0.6 is 11.8 Å². The van der Waals surface area contributed by atoms with Crippen LogP contribution in [0.15, 0.2) is 18.3 Å². The highest BCUT2D eigenvalue weighted by Crippen LogP contribution is 2.34. The fourth-order valence-electron chi connectivity index (χ4n) is 3.34. The van der Waals surface area contributed by atoms with E-state index in [1.54, 1.807) is 18.0 Å². The summed E-state index contributed by atoms with van der Waals surface area (Å²) in [6.07, 6.45) is 11.3. The van der Waals surface area contributed by atoms with Crippen molar-refractivity contribution in [1.82, 2.24) is 4.98 Å². The van der Waals surface area contributed by atoms with E-state index in [9.17, 15) is 15.0 Å². The Morgan fingerprint density at radius 1 is 1.38 bits per heavy atom. The molecule has 0 aromatic carbocycles. The first-order valence-corrected chi connectivity index (χ1v) is 10.8. The van der Waals surface area contributed by atoms with Crippen molar-refractivity contribution < 1.29 is 15.0 Å². The monoisotopic (exact) mass is 378 g/mol. The Labute approximate surface area is 159 Å². The Bertz CT molecular complexity index is 619. The third kappa shape index (κ3) is 5.21. The van der Waals surface area contributed by atoms with Gasteiger partial charge in [0.1, 0.15) is 0 Å². The number of hydrogen-bond donors (Lipinski definition) is 3. The van der Waals surface area contributed by atoms with Crippen molar-refractivity contribution in [3.8, 4) is 0 Å². The number of carboxylic acids is 1. The molecule has 1 heterocycles. The summed E-state index contributed by atoms with van der Waals surface area (Å²) in [5, 5.41) is 21.0. The molecule has 0 unspecified atom stereocenters. The molecule has 2 atom stereocenters. The number of carbonyl (C=O) groups is 1. The normalized spacial score (nSPS) is 21.0. The van der Waals surface area contributed by atoms with Crippen molar-refractivity contribution >= 4 is 17.7 Å². The van der Waals surface area contributed by atoms with Gasteiger partial charge in [-0.2, -0.15) is 11.8 Å². The molecule has 6 heteroatoms. The van der Waals surface area contributed by atoms with E-state index in [-0.39, 0.29) is 6.42 Å². The highest BCUT2D eigenvalue weighted by Gasteiger charge is 2.43. The standard InChI is InChI=1S/C20H30N2O3S/c21-18(13-26-17-5-2-6-17)20(25,19(23)24)12-16-11-15(9-10-22-16)4-1-3-14-7-8-14/h9-11,14,17-18,25H,1-8,12-13,21H2,(H,23,24)/t18-,20+/m0/s1. The van der Waals surface area contributed by atoms with Crippen LogP contribution < -0.4 is 5.73 Å². The van der Waals surface area contributed by atoms with Gasteiger partial charge in [0, 0.05) is 29.3 Å². The second-order valence-electron chi connectivity index (χ2n) is 7.89. The van der Waals surface area contributed by atoms with Crippen LogP contribution in [0.3, 0.4) is 0 Å². The second-order valence-corrected chi connectivity index (χ2v) is 9.22. The highest BCUT2D eigenvalue weighted by atomic mass is 32.2. The third-order valence-corrected chi connectivity index (χ3v) is 7.15. The Kier molecular flexibility index (Phi) is 6.59. The summed E-state index contributed by atoms with van der Waals surface area (Å²) < 4.78 is 0. The molecular weight excluding hydrogens is 348 g/mol. The maximum Gasteiger partial charge on any atom is 0.337 e. The minimum Gasteiger partial charge on any atom is -0.479 e. The number of aliphatic carboxylic acids is 1. The molecule has 2 aliphatic carbocycles. The maximum absolute atomic E-state index is 11.8. The summed E-state index contributed by atoms with van der Waals surface area (Å²) in [6.45, 7) is 0. The highest BCUT2D eigenvalue weighted by molar-refractivity contribution is 8.00. The molecule has 144 valence electrons. The molecule has 0 amide bonds. The first kappa shape index (κ1) is 19.6. The smallest absolute Gasteiger partial charge is 0.337 e. The van der Waals surface area contributed by atoms with Gasteiger partial charge in [-0.05, 0) is 49.3 Å². The zero-order chi connectivity index (χ0) is 18.6. The van der Waals surface area contributed by atoms with Gasteiger partial charge in [-0.15, -0.1) is 0 Å². The predicted octanol–water partition coefficient (Wildman–Crippen LogP) is 2.79. The number of carboxylic acid groups (broad SMARTS) is 1. The van der Waals surface area contributed by atoms with Crippen LogP contribution in [0.1, 0.15) is 56.2 Å². The van der Waals surface area contributed by atoms with Crippen molar-refractivity contribution in [1.29, 1.82) is 0 Å². The summed E-state index contributed by atoms with van der Waals surface area (Å²) in [4.78, 5) is 16.0. The van der Waals surface area contributed by atoms with Crippen molar-refractivity contribution in [2.75, 3.05) is 5.75 Å². The zero-order valence-corrected chi connectivity index (χ0v) is 16.1. The largest absolute Gasteiger partial charge is 0.479 e. The molecule has 0 aliphatic heterocycles. The van der Waals surface area contributed by atoms with E-state index in [4.69, 9.17) is 5.73 Å². The van der Waals surface area contributed by atoms with E-state index in [0.717, 1.165) is 37.2 Å². The average molecular weight is 379 g/mol. The van der Waals surface area contributed by atoms with E-state index in [2.05, 4.69) is 4.98 Å². The van der Waals surface area contributed by atoms with Gasteiger partial charge in [0.2, 0.25) is 0 Å². The van der Waals surface area contributed by atoms with Crippen molar-refractivity contribution in [3.05, 3.63) is 29.6 Å². The SMILES string of the molecule is N[C@@H](CSC1CCC1)[C@](O)(Cc1cc(CCCC2CC2)ccn1)C(=O)O. The van der Waals surface area contributed by atoms with Gasteiger partial charge in [-0.1, -0.05) is 25.7 Å². The molecule has 3 rings (SSSR count). The van der Waals surface area contributed by atoms with Gasteiger partial charge in [0.15, 0.2) is 5.60 Å². The molecule has 2 fully saturated rings. The summed E-state index contributed by atoms with van der Waals surface area (Å²) in [6, 6.07) is 3.08. The van der Waals surface area contributed by atoms with Crippen LogP contribution in [-0.2, 0) is 17.6 Å². The summed E-state index contributed by atoms with van der Waals surface area (Å²) >= 11 is 1.68. The average Bonchev–Trinajstić information content (AvgIpc) is 3.37. The molecule has 0 saturated heterocycles. The number of thioether (sulfide) groups is 1. The number of aliphatic hydroxyl groups is 1. The fourth-order valence-corrected chi connectivity index (χ4v) is 4.76. The van der Waals surface area contributed by atoms with Crippen molar-refractivity contribution in [2.24, 2.45) is 11.7 Å². The lowest BCUT2D eigenvalue weighted by Gasteiger charge is -2.32. The van der Waals surface area contributed by atoms with E-state index in [1.165, 1.54) is 25.7 Å². The first-order chi connectivity index (χ1) is 12.5. The molecule has 1 aromatic heterocycles. The lowest BCUT2D eigenvalue weighted by atomic mass is 9.90. The quantitative estimate of drug-likeness (QED) is 0.548. The number of aromatic nitrogens is 1. The van der Waals surface area contributed by atoms with Gasteiger partial charge in [-0.3, -0.25) is 4.98 Å². The molecule has 26 heavy (non-hydrogen) atoms. The number of pyridine rings is 1. The molecule has 4 N–H and O–H groups in total. The molecule has 2 saturated carbocycles. The molecular formula is C20H30N2O3S. The van der Waals surface area contributed by atoms with E-state index in [1.807, 2.05) is 12.1 Å². The van der Waals surface area contributed by atoms with Gasteiger partial charge < -0.3 is 15.9 Å². The lowest BCUT2D eigenvalue weighted by molar-refractivity contribution is -0.160. The summed E-state index contributed by atoms with van der Waals surface area (Å²) in [7, 11) is 0. The van der Waals surface area contributed by atoms with Gasteiger partial charge >= 0.3 is 5.97 Å². The molecule has 1 aromatic rings. The van der Waals surface area contributed by atoms with E-state index < -0.39 is 17.6 Å². The van der Waals surface area contributed by atoms with Crippen LogP contribution in [0.4, 0.5) is 0 Å². The van der Waals surface area contributed by atoms with Crippen molar-refractivity contribution in [2.45, 2.75) is 74.7 Å². The lowest BCUT2D eigenvalue weighted by Crippen LogP contribution is -2.57. The third-order valence-electron chi connectivity index (χ3n) is 5.65. The van der Waals surface area contributed by atoms with Crippen LogP contribution in [0.5, 0.6) is 0 Å². The van der Waals surface area contributed by atoms with Gasteiger partial charge in [0.05, 0.1) is 6.04 Å². The Morgan fingerprint density at radius 2 is 2.15 bits per heavy atom. The Morgan fingerprint density at radius 3 is 2.77 bits per heavy atom. The number of nitrogens with two attached hydrogens (primary N) is 1. The second kappa shape index (κ2) is 8.72. The summed E-state index contributed by atoms with van der Waals surface area (Å²) in [5.74, 6) is 0.105. The molecule has 0 spiro atoms. The first-order valence-electron chi connectivity index (χ1n) is 9.74. The Hall–Kier alpha value is -1.11. The maximum atomic E-state index is 11.8. The van der Waals surface area contributed by atoms with Crippen LogP contribution in [-0.4, -0.2) is 43.8 Å². The number of nitrogens with zero attached hydrogens (tertiary/aromatic N) is 1. The van der Waals surface area contributed by atoms with Crippen molar-refractivity contribution in [3.63, 3.8) is 0 Å². The number of rotatable bonds is 11. The van der Waals surface area contributed by atoms with Gasteiger partial charge in [0.25, 0.3) is 0 Å². The minimum atomic E-state index is -1.98. The van der Waals surface area contributed by atoms with E-state index >= 15 is 0 Å². The summed E-state index contributed by atoms with van der Waals surface area (Å²) in [5.41, 5.74) is 5.88. The molecule has 0 radical (unpaired) electrons. The fraction of sp³-hybridized carbons (Fsp3) is 0.700. The predicted molar refractivity (Wildman–Crippen MR) is 104 cm³/mol. The van der Waals surface area contributed by atoms with E-state index in [0.29, 0.717) is 16.7 Å². The number of hydrogen-bond acceptors (Lipinski definition) is 5. The topological polar surface area (TPSA) is 96.4 Å². The number of aryl methyl sites for hydroxylation is 1. The molecule has 2 aliphatic rings. The molecule has 5 nitrogen and oxygen atoms in total. The minimum absolute atomic E-state index is 0.0504. The van der Waals surface area contributed by atoms with Crippen LogP contribution in [0, 0.1) is 5.92 Å².